The van der Waals surface area contributed by atoms with Crippen molar-refractivity contribution in [3.05, 3.63) is 91.5 Å². The van der Waals surface area contributed by atoms with Gasteiger partial charge in [0.05, 0.1) is 9.83 Å². The van der Waals surface area contributed by atoms with Crippen molar-refractivity contribution in [3.63, 3.8) is 0 Å². The number of furan rings is 1. The number of thioether (sulfide) groups is 1. The summed E-state index contributed by atoms with van der Waals surface area (Å²) < 4.78 is 5.72. The largest absolute Gasteiger partial charge is 0.457 e. The Kier molecular flexibility index (Phi) is 6.38. The third-order valence-electron chi connectivity index (χ3n) is 5.98. The van der Waals surface area contributed by atoms with E-state index in [-0.39, 0.29) is 33.8 Å². The van der Waals surface area contributed by atoms with Gasteiger partial charge in [-0.25, -0.2) is 0 Å². The molecule has 0 radical (unpaired) electrons. The number of fused-ring (bicyclic) bond motifs is 1. The van der Waals surface area contributed by atoms with Crippen LogP contribution in [0.4, 0.5) is 10.5 Å². The fraction of sp³-hybridized carbons (Fsp3) is 0.160. The van der Waals surface area contributed by atoms with Crippen molar-refractivity contribution in [2.45, 2.75) is 13.0 Å². The number of nitrogens with zero attached hydrogens (tertiary/aromatic N) is 3. The molecule has 2 aromatic carbocycles. The molecule has 1 saturated heterocycles. The fourth-order valence-electron chi connectivity index (χ4n) is 4.10. The molecule has 3 aromatic rings. The first-order valence-corrected chi connectivity index (χ1v) is 12.1. The van der Waals surface area contributed by atoms with E-state index in [0.717, 1.165) is 28.6 Å². The van der Waals surface area contributed by atoms with Gasteiger partial charge in [0.1, 0.15) is 23.1 Å². The number of rotatable bonds is 5. The van der Waals surface area contributed by atoms with E-state index in [1.165, 1.54) is 23.8 Å². The Bertz CT molecular complexity index is 1450. The molecular weight excluding hydrogens is 506 g/mol. The highest BCUT2D eigenvalue weighted by Crippen LogP contribution is 2.35. The van der Waals surface area contributed by atoms with Gasteiger partial charge in [-0.3, -0.25) is 29.4 Å². The number of hydrogen-bond acceptors (Lipinski definition) is 7. The van der Waals surface area contributed by atoms with E-state index >= 15 is 0 Å². The molecule has 0 aliphatic carbocycles. The van der Waals surface area contributed by atoms with Gasteiger partial charge < -0.3 is 9.32 Å². The SMILES string of the molecule is O=C(CN1C(=O)S/C(=C/c2ccc(-c3ccc(Cl)c([N+](=O)[O-])c3)o2)C1=O)N1CCc2ccccc2C1. The highest BCUT2D eigenvalue weighted by molar-refractivity contribution is 8.18. The van der Waals surface area contributed by atoms with Crippen molar-refractivity contribution in [3.8, 4) is 11.3 Å². The average Bonchev–Trinajstić information content (AvgIpc) is 3.44. The van der Waals surface area contributed by atoms with E-state index in [1.54, 1.807) is 23.1 Å². The van der Waals surface area contributed by atoms with Crippen LogP contribution < -0.4 is 0 Å². The lowest BCUT2D eigenvalue weighted by Crippen LogP contribution is -2.44. The minimum atomic E-state index is -0.588. The van der Waals surface area contributed by atoms with E-state index in [9.17, 15) is 24.5 Å². The summed E-state index contributed by atoms with van der Waals surface area (Å²) in [5, 5.41) is 10.6. The smallest absolute Gasteiger partial charge is 0.294 e. The predicted octanol–water partition coefficient (Wildman–Crippen LogP) is 5.13. The van der Waals surface area contributed by atoms with Crippen LogP contribution in [0.5, 0.6) is 0 Å². The fourth-order valence-corrected chi connectivity index (χ4v) is 5.11. The van der Waals surface area contributed by atoms with Gasteiger partial charge in [-0.1, -0.05) is 35.9 Å². The van der Waals surface area contributed by atoms with E-state index in [0.29, 0.717) is 24.4 Å². The second-order valence-electron chi connectivity index (χ2n) is 8.23. The van der Waals surface area contributed by atoms with Crippen molar-refractivity contribution in [1.82, 2.24) is 9.80 Å². The number of carbonyl (C=O) groups excluding carboxylic acids is 3. The molecule has 0 N–H and O–H groups in total. The van der Waals surface area contributed by atoms with Crippen LogP contribution >= 0.6 is 23.4 Å². The summed E-state index contributed by atoms with van der Waals surface area (Å²) in [7, 11) is 0. The number of halogens is 1. The number of hydrogen-bond donors (Lipinski definition) is 0. The number of nitro groups is 1. The number of benzene rings is 2. The highest BCUT2D eigenvalue weighted by Gasteiger charge is 2.37. The maximum Gasteiger partial charge on any atom is 0.294 e. The third kappa shape index (κ3) is 4.65. The number of carbonyl (C=O) groups is 3. The van der Waals surface area contributed by atoms with Gasteiger partial charge in [-0.15, -0.1) is 0 Å². The van der Waals surface area contributed by atoms with Gasteiger partial charge in [0.25, 0.3) is 16.8 Å². The maximum atomic E-state index is 12.9. The van der Waals surface area contributed by atoms with E-state index in [1.807, 2.05) is 24.3 Å². The van der Waals surface area contributed by atoms with Crippen molar-refractivity contribution >= 4 is 52.2 Å². The normalized spacial score (nSPS) is 16.5. The standard InChI is InChI=1S/C25H18ClN3O6S/c26-19-7-5-16(11-20(19)29(33)34)21-8-6-18(35-21)12-22-24(31)28(25(32)36-22)14-23(30)27-10-9-15-3-1-2-4-17(15)13-27/h1-8,11-12H,9-10,13-14H2/b22-12+. The van der Waals surface area contributed by atoms with E-state index in [2.05, 4.69) is 0 Å². The highest BCUT2D eigenvalue weighted by atomic mass is 35.5. The third-order valence-corrected chi connectivity index (χ3v) is 7.20. The first-order valence-electron chi connectivity index (χ1n) is 10.9. The first kappa shape index (κ1) is 23.8. The summed E-state index contributed by atoms with van der Waals surface area (Å²) in [6.07, 6.45) is 2.14. The summed E-state index contributed by atoms with van der Waals surface area (Å²) in [6.45, 7) is 0.640. The zero-order chi connectivity index (χ0) is 25.4. The quantitative estimate of drug-likeness (QED) is 0.259. The topological polar surface area (TPSA) is 114 Å². The Morgan fingerprint density at radius 2 is 1.92 bits per heavy atom. The van der Waals surface area contributed by atoms with Crippen LogP contribution in [0.1, 0.15) is 16.9 Å². The predicted molar refractivity (Wildman–Crippen MR) is 134 cm³/mol. The average molecular weight is 524 g/mol. The second-order valence-corrected chi connectivity index (χ2v) is 9.63. The van der Waals surface area contributed by atoms with Gasteiger partial charge in [-0.05, 0) is 53.6 Å². The molecule has 0 saturated carbocycles. The Morgan fingerprint density at radius 3 is 2.69 bits per heavy atom. The molecule has 0 unspecified atom stereocenters. The molecule has 1 fully saturated rings. The van der Waals surface area contributed by atoms with Gasteiger partial charge in [-0.2, -0.15) is 0 Å². The van der Waals surface area contributed by atoms with Crippen LogP contribution in [0.3, 0.4) is 0 Å². The lowest BCUT2D eigenvalue weighted by molar-refractivity contribution is -0.384. The van der Waals surface area contributed by atoms with Crippen LogP contribution in [-0.4, -0.2) is 44.9 Å². The van der Waals surface area contributed by atoms with E-state index < -0.39 is 16.1 Å². The maximum absolute atomic E-state index is 12.9. The van der Waals surface area contributed by atoms with E-state index in [4.69, 9.17) is 16.0 Å². The molecule has 2 aliphatic rings. The van der Waals surface area contributed by atoms with Crippen LogP contribution in [-0.2, 0) is 22.6 Å². The molecule has 182 valence electrons. The van der Waals surface area contributed by atoms with Crippen LogP contribution in [0, 0.1) is 10.1 Å². The molecule has 9 nitrogen and oxygen atoms in total. The van der Waals surface area contributed by atoms with Crippen LogP contribution in [0.2, 0.25) is 5.02 Å². The molecule has 5 rings (SSSR count). The monoisotopic (exact) mass is 523 g/mol. The molecule has 0 bridgehead atoms. The Labute approximate surface area is 214 Å². The summed E-state index contributed by atoms with van der Waals surface area (Å²) in [6, 6.07) is 15.3. The minimum absolute atomic E-state index is 0.00696. The van der Waals surface area contributed by atoms with Gasteiger partial charge in [0, 0.05) is 30.8 Å². The lowest BCUT2D eigenvalue weighted by Gasteiger charge is -2.29. The molecule has 2 aliphatic heterocycles. The summed E-state index contributed by atoms with van der Waals surface area (Å²) >= 11 is 6.59. The minimum Gasteiger partial charge on any atom is -0.457 e. The van der Waals surface area contributed by atoms with Crippen molar-refractivity contribution < 1.29 is 23.7 Å². The summed E-state index contributed by atoms with van der Waals surface area (Å²) in [5.41, 5.74) is 2.44. The first-order chi connectivity index (χ1) is 17.3. The molecule has 36 heavy (non-hydrogen) atoms. The number of nitro benzene ring substituents is 1. The molecule has 0 spiro atoms. The number of imide groups is 1. The summed E-state index contributed by atoms with van der Waals surface area (Å²) in [4.78, 5) is 51.5. The van der Waals surface area contributed by atoms with Gasteiger partial charge >= 0.3 is 0 Å². The van der Waals surface area contributed by atoms with Crippen molar-refractivity contribution in [2.24, 2.45) is 0 Å². The van der Waals surface area contributed by atoms with Gasteiger partial charge in [0.15, 0.2) is 0 Å². The lowest BCUT2D eigenvalue weighted by atomic mass is 10.00. The number of amides is 3. The molecular formula is C25H18ClN3O6S. The Balaban J connectivity index is 1.28. The summed E-state index contributed by atoms with van der Waals surface area (Å²) in [5.74, 6) is -0.249. The Morgan fingerprint density at radius 1 is 1.14 bits per heavy atom. The van der Waals surface area contributed by atoms with Crippen LogP contribution in [0.15, 0.2) is 63.9 Å². The van der Waals surface area contributed by atoms with Crippen LogP contribution in [0.25, 0.3) is 17.4 Å². The molecule has 3 heterocycles. The Hall–Kier alpha value is -3.89. The van der Waals surface area contributed by atoms with Gasteiger partial charge in [0.2, 0.25) is 5.91 Å². The zero-order valence-corrected chi connectivity index (χ0v) is 20.3. The molecule has 1 aromatic heterocycles. The molecule has 11 heteroatoms. The zero-order valence-electron chi connectivity index (χ0n) is 18.7. The molecule has 3 amide bonds. The molecule has 0 atom stereocenters. The second kappa shape index (κ2) is 9.63. The van der Waals surface area contributed by atoms with Crippen molar-refractivity contribution in [2.75, 3.05) is 13.1 Å². The van der Waals surface area contributed by atoms with Crippen molar-refractivity contribution in [1.29, 1.82) is 0 Å².